The Morgan fingerprint density at radius 2 is 2.20 bits per heavy atom. The van der Waals surface area contributed by atoms with E-state index < -0.39 is 0 Å². The molecular formula is C11H16N2OS. The first kappa shape index (κ1) is 9.60. The zero-order valence-electron chi connectivity index (χ0n) is 8.82. The van der Waals surface area contributed by atoms with Crippen LogP contribution in [-0.4, -0.2) is 35.1 Å². The summed E-state index contributed by atoms with van der Waals surface area (Å²) in [6, 6.07) is 0. The predicted octanol–water partition coefficient (Wildman–Crippen LogP) is 2.15. The van der Waals surface area contributed by atoms with E-state index in [4.69, 9.17) is 4.74 Å². The standard InChI is InChI=1S/C11H16N2OS/c1-3-11(4-2-7-13(11)6-1)9-14-10-12-5-8-15-10/h5,8H,1-4,6-7,9H2. The third-order valence-electron chi connectivity index (χ3n) is 3.69. The SMILES string of the molecule is c1csc(OCC23CCCN2CCC3)n1. The van der Waals surface area contributed by atoms with E-state index in [-0.39, 0.29) is 0 Å². The van der Waals surface area contributed by atoms with Gasteiger partial charge < -0.3 is 4.74 Å². The molecule has 82 valence electrons. The highest BCUT2D eigenvalue weighted by Gasteiger charge is 2.44. The fourth-order valence-electron chi connectivity index (χ4n) is 2.94. The molecule has 2 aliphatic heterocycles. The normalized spacial score (nSPS) is 24.3. The Kier molecular flexibility index (Phi) is 2.41. The minimum Gasteiger partial charge on any atom is -0.468 e. The van der Waals surface area contributed by atoms with Crippen LogP contribution >= 0.6 is 11.3 Å². The van der Waals surface area contributed by atoms with Crippen LogP contribution in [0.4, 0.5) is 0 Å². The number of hydrogen-bond donors (Lipinski definition) is 0. The van der Waals surface area contributed by atoms with E-state index >= 15 is 0 Å². The third-order valence-corrected chi connectivity index (χ3v) is 4.37. The first-order valence-corrected chi connectivity index (χ1v) is 6.54. The summed E-state index contributed by atoms with van der Waals surface area (Å²) in [6.45, 7) is 3.36. The van der Waals surface area contributed by atoms with Gasteiger partial charge in [0, 0.05) is 11.6 Å². The van der Waals surface area contributed by atoms with Crippen LogP contribution in [0.15, 0.2) is 11.6 Å². The Bertz CT molecular complexity index is 315. The van der Waals surface area contributed by atoms with Gasteiger partial charge in [0.25, 0.3) is 5.19 Å². The van der Waals surface area contributed by atoms with E-state index in [9.17, 15) is 0 Å². The van der Waals surface area contributed by atoms with Gasteiger partial charge >= 0.3 is 0 Å². The zero-order valence-corrected chi connectivity index (χ0v) is 9.63. The number of ether oxygens (including phenoxy) is 1. The lowest BCUT2D eigenvalue weighted by Gasteiger charge is -2.31. The summed E-state index contributed by atoms with van der Waals surface area (Å²) < 4.78 is 5.80. The van der Waals surface area contributed by atoms with Gasteiger partial charge in [0.1, 0.15) is 6.61 Å². The molecule has 0 aromatic carbocycles. The summed E-state index contributed by atoms with van der Waals surface area (Å²) in [4.78, 5) is 6.78. The molecule has 0 spiro atoms. The molecule has 0 aliphatic carbocycles. The molecule has 0 saturated carbocycles. The van der Waals surface area contributed by atoms with Gasteiger partial charge in [0.15, 0.2) is 0 Å². The summed E-state index contributed by atoms with van der Waals surface area (Å²) in [6.07, 6.45) is 7.08. The molecule has 0 atom stereocenters. The molecule has 1 aromatic heterocycles. The highest BCUT2D eigenvalue weighted by Crippen LogP contribution is 2.39. The van der Waals surface area contributed by atoms with Crippen molar-refractivity contribution in [1.29, 1.82) is 0 Å². The van der Waals surface area contributed by atoms with Crippen molar-refractivity contribution in [3.8, 4) is 5.19 Å². The van der Waals surface area contributed by atoms with Gasteiger partial charge in [-0.15, -0.1) is 0 Å². The highest BCUT2D eigenvalue weighted by atomic mass is 32.1. The Balaban J connectivity index is 1.66. The van der Waals surface area contributed by atoms with Crippen LogP contribution in [0.3, 0.4) is 0 Å². The molecule has 4 heteroatoms. The van der Waals surface area contributed by atoms with Crippen LogP contribution in [0.25, 0.3) is 0 Å². The maximum absolute atomic E-state index is 5.80. The van der Waals surface area contributed by atoms with Crippen LogP contribution < -0.4 is 4.74 Å². The van der Waals surface area contributed by atoms with Gasteiger partial charge in [-0.05, 0) is 38.8 Å². The molecule has 0 radical (unpaired) electrons. The van der Waals surface area contributed by atoms with Gasteiger partial charge in [0.2, 0.25) is 0 Å². The van der Waals surface area contributed by atoms with Crippen molar-refractivity contribution in [3.63, 3.8) is 0 Å². The van der Waals surface area contributed by atoms with Crippen molar-refractivity contribution < 1.29 is 4.74 Å². The van der Waals surface area contributed by atoms with Crippen LogP contribution in [0.5, 0.6) is 5.19 Å². The zero-order chi connectivity index (χ0) is 10.1. The molecule has 0 bridgehead atoms. The number of rotatable bonds is 3. The third kappa shape index (κ3) is 1.66. The van der Waals surface area contributed by atoms with E-state index in [0.717, 1.165) is 11.8 Å². The summed E-state index contributed by atoms with van der Waals surface area (Å²) in [5.41, 5.74) is 0.353. The molecule has 2 fully saturated rings. The maximum atomic E-state index is 5.80. The van der Waals surface area contributed by atoms with Crippen LogP contribution in [0.2, 0.25) is 0 Å². The van der Waals surface area contributed by atoms with Crippen LogP contribution in [0, 0.1) is 0 Å². The molecule has 3 rings (SSSR count). The quantitative estimate of drug-likeness (QED) is 0.786. The van der Waals surface area contributed by atoms with E-state index in [1.807, 2.05) is 5.38 Å². The molecule has 2 aliphatic rings. The fourth-order valence-corrected chi connectivity index (χ4v) is 3.43. The van der Waals surface area contributed by atoms with Crippen LogP contribution in [-0.2, 0) is 0 Å². The second-order valence-electron chi connectivity index (χ2n) is 4.51. The fraction of sp³-hybridized carbons (Fsp3) is 0.727. The Morgan fingerprint density at radius 1 is 1.40 bits per heavy atom. The predicted molar refractivity (Wildman–Crippen MR) is 60.4 cm³/mol. The highest BCUT2D eigenvalue weighted by molar-refractivity contribution is 7.11. The molecule has 0 N–H and O–H groups in total. The van der Waals surface area contributed by atoms with Gasteiger partial charge in [-0.2, -0.15) is 0 Å². The molecular weight excluding hydrogens is 208 g/mol. The summed E-state index contributed by atoms with van der Waals surface area (Å²) in [5.74, 6) is 0. The second kappa shape index (κ2) is 3.76. The minimum absolute atomic E-state index is 0.353. The van der Waals surface area contributed by atoms with E-state index in [1.165, 1.54) is 38.8 Å². The van der Waals surface area contributed by atoms with Crippen LogP contribution in [0.1, 0.15) is 25.7 Å². The number of nitrogens with zero attached hydrogens (tertiary/aromatic N) is 2. The molecule has 3 nitrogen and oxygen atoms in total. The average molecular weight is 224 g/mol. The summed E-state index contributed by atoms with van der Waals surface area (Å²) >= 11 is 1.59. The average Bonchev–Trinajstić information content (AvgIpc) is 2.91. The summed E-state index contributed by atoms with van der Waals surface area (Å²) in [7, 11) is 0. The Labute approximate surface area is 94.1 Å². The lowest BCUT2D eigenvalue weighted by molar-refractivity contribution is 0.113. The van der Waals surface area contributed by atoms with Crippen molar-refractivity contribution in [1.82, 2.24) is 9.88 Å². The second-order valence-corrected chi connectivity index (χ2v) is 5.36. The molecule has 15 heavy (non-hydrogen) atoms. The number of aromatic nitrogens is 1. The Morgan fingerprint density at radius 3 is 2.87 bits per heavy atom. The summed E-state index contributed by atoms with van der Waals surface area (Å²) in [5, 5.41) is 2.79. The van der Waals surface area contributed by atoms with E-state index in [0.29, 0.717) is 5.54 Å². The smallest absolute Gasteiger partial charge is 0.273 e. The molecule has 1 aromatic rings. The van der Waals surface area contributed by atoms with Gasteiger partial charge in [-0.1, -0.05) is 11.3 Å². The van der Waals surface area contributed by atoms with Crippen molar-refractivity contribution in [2.75, 3.05) is 19.7 Å². The first-order chi connectivity index (χ1) is 7.39. The van der Waals surface area contributed by atoms with Crippen molar-refractivity contribution in [2.45, 2.75) is 31.2 Å². The Hall–Kier alpha value is -0.610. The molecule has 0 unspecified atom stereocenters. The monoisotopic (exact) mass is 224 g/mol. The molecule has 2 saturated heterocycles. The van der Waals surface area contributed by atoms with Crippen molar-refractivity contribution in [2.24, 2.45) is 0 Å². The number of fused-ring (bicyclic) bond motifs is 1. The topological polar surface area (TPSA) is 25.4 Å². The van der Waals surface area contributed by atoms with Crippen molar-refractivity contribution >= 4 is 11.3 Å². The largest absolute Gasteiger partial charge is 0.468 e. The number of thiazole rings is 1. The first-order valence-electron chi connectivity index (χ1n) is 5.66. The van der Waals surface area contributed by atoms with Gasteiger partial charge in [-0.3, -0.25) is 4.90 Å². The minimum atomic E-state index is 0.353. The van der Waals surface area contributed by atoms with Gasteiger partial charge in [-0.25, -0.2) is 4.98 Å². The lowest BCUT2D eigenvalue weighted by atomic mass is 9.95. The maximum Gasteiger partial charge on any atom is 0.273 e. The lowest BCUT2D eigenvalue weighted by Crippen LogP contribution is -2.43. The molecule has 3 heterocycles. The van der Waals surface area contributed by atoms with E-state index in [1.54, 1.807) is 17.5 Å². The van der Waals surface area contributed by atoms with E-state index in [2.05, 4.69) is 9.88 Å². The van der Waals surface area contributed by atoms with Crippen molar-refractivity contribution in [3.05, 3.63) is 11.6 Å². The van der Waals surface area contributed by atoms with Gasteiger partial charge in [0.05, 0.1) is 5.54 Å². The number of hydrogen-bond acceptors (Lipinski definition) is 4. The molecule has 0 amide bonds.